The van der Waals surface area contributed by atoms with Gasteiger partial charge in [0.2, 0.25) is 0 Å². The van der Waals surface area contributed by atoms with E-state index in [1.807, 2.05) is 60.7 Å². The van der Waals surface area contributed by atoms with Gasteiger partial charge in [-0.3, -0.25) is 0 Å². The zero-order valence-corrected chi connectivity index (χ0v) is 31.8. The molecule has 0 aromatic heterocycles. The summed E-state index contributed by atoms with van der Waals surface area (Å²) in [6.07, 6.45) is 1.71. The summed E-state index contributed by atoms with van der Waals surface area (Å²) in [6, 6.07) is 40.2. The molecule has 0 aliphatic rings. The van der Waals surface area contributed by atoms with Crippen molar-refractivity contribution in [1.29, 1.82) is 0 Å². The molecule has 0 bridgehead atoms. The van der Waals surface area contributed by atoms with E-state index < -0.39 is 56.9 Å². The third-order valence-electron chi connectivity index (χ3n) is 7.80. The van der Waals surface area contributed by atoms with Gasteiger partial charge in [-0.1, -0.05) is 60.7 Å². The van der Waals surface area contributed by atoms with Crippen LogP contribution in [0.3, 0.4) is 0 Å². The Bertz CT molecular complexity index is 1380. The Morgan fingerprint density at radius 3 is 1.00 bits per heavy atom. The zero-order chi connectivity index (χ0) is 35.7. The normalized spacial score (nSPS) is 11.4. The van der Waals surface area contributed by atoms with Gasteiger partial charge in [0, 0.05) is 35.7 Å². The Morgan fingerprint density at radius 2 is 0.735 bits per heavy atom. The van der Waals surface area contributed by atoms with E-state index >= 15 is 0 Å². The number of hydrogen-bond donors (Lipinski definition) is 0. The average molecular weight is 771 g/mol. The van der Waals surface area contributed by atoms with Gasteiger partial charge in [0.1, 0.15) is 0 Å². The van der Waals surface area contributed by atoms with Crippen LogP contribution in [0, 0.1) is 11.8 Å². The molecule has 2 unspecified atom stereocenters. The maximum atomic E-state index is 10.9. The number of benzene rings is 4. The quantitative estimate of drug-likeness (QED) is 0.138. The van der Waals surface area contributed by atoms with Crippen molar-refractivity contribution in [3.8, 4) is 0 Å². The van der Waals surface area contributed by atoms with Crippen LogP contribution in [0.15, 0.2) is 121 Å². The van der Waals surface area contributed by atoms with Crippen LogP contribution < -0.4 is 20.4 Å². The van der Waals surface area contributed by atoms with Crippen LogP contribution >= 0.6 is 0 Å². The summed E-state index contributed by atoms with van der Waals surface area (Å²) in [5.74, 6) is -5.85. The van der Waals surface area contributed by atoms with E-state index in [1.165, 1.54) is 20.0 Å². The van der Waals surface area contributed by atoms with Crippen molar-refractivity contribution in [2.24, 2.45) is 11.8 Å². The summed E-state index contributed by atoms with van der Waals surface area (Å²) in [6.45, 7) is 0. The molecule has 9 heteroatoms. The minimum atomic E-state index is -1.15. The second kappa shape index (κ2) is 24.7. The van der Waals surface area contributed by atoms with Crippen LogP contribution in [-0.4, -0.2) is 45.0 Å². The Kier molecular flexibility index (Phi) is 20.5. The number of carbonyl (C=O) groups is 4. The van der Waals surface area contributed by atoms with Gasteiger partial charge in [-0.05, 0) is 62.5 Å². The van der Waals surface area contributed by atoms with Crippen LogP contribution in [0.1, 0.15) is 60.8 Å². The number of carboxylic acids is 4. The maximum absolute atomic E-state index is 10.9. The second-order valence-electron chi connectivity index (χ2n) is 11.8. The van der Waals surface area contributed by atoms with E-state index in [2.05, 4.69) is 60.7 Å². The van der Waals surface area contributed by atoms with E-state index in [0.29, 0.717) is 38.5 Å². The fourth-order valence-corrected chi connectivity index (χ4v) is 9.91. The van der Waals surface area contributed by atoms with Crippen LogP contribution in [0.5, 0.6) is 0 Å². The van der Waals surface area contributed by atoms with Crippen molar-refractivity contribution >= 4 is 45.0 Å². The van der Waals surface area contributed by atoms with Gasteiger partial charge in [-0.25, -0.2) is 0 Å². The molecule has 4 radical (unpaired) electrons. The van der Waals surface area contributed by atoms with E-state index in [4.69, 9.17) is 0 Å². The predicted octanol–water partition coefficient (Wildman–Crippen LogP) is 1.59. The Labute approximate surface area is 299 Å². The topological polar surface area (TPSA) is 161 Å². The third kappa shape index (κ3) is 19.9. The molecule has 4 aromatic carbocycles. The summed E-state index contributed by atoms with van der Waals surface area (Å²) in [5.41, 5.74) is 4.89. The Morgan fingerprint density at radius 1 is 0.449 bits per heavy atom. The van der Waals surface area contributed by atoms with Crippen molar-refractivity contribution in [2.75, 3.05) is 0 Å². The van der Waals surface area contributed by atoms with Crippen molar-refractivity contribution in [3.05, 3.63) is 144 Å². The van der Waals surface area contributed by atoms with Crippen LogP contribution in [0.4, 0.5) is 0 Å². The van der Waals surface area contributed by atoms with E-state index in [1.54, 1.807) is 0 Å². The molecule has 256 valence electrons. The molecule has 0 aliphatic carbocycles. The van der Waals surface area contributed by atoms with Crippen molar-refractivity contribution in [3.63, 3.8) is 0 Å². The standard InChI is InChI=1S/2C13H16O4.2C7H7.Sn.2H/c2*14-12(15)8-4-7-11(13(16)17)9-10-5-2-1-3-6-10;2*1-7-5-3-2-4-6-7;;;/h2*1-3,5-6,11H,4,7-9H2,(H,14,15)(H,16,17);2*2-6H,1H2;;;/q;;;;+4;;/p-4. The first-order valence-corrected chi connectivity index (χ1v) is 22.3. The molecule has 8 nitrogen and oxygen atoms in total. The fraction of sp³-hybridized carbons (Fsp3) is 0.300. The minimum absolute atomic E-state index is 0.113. The first-order valence-electron chi connectivity index (χ1n) is 16.6. The van der Waals surface area contributed by atoms with Crippen LogP contribution in [0.2, 0.25) is 0 Å². The average Bonchev–Trinajstić information content (AvgIpc) is 3.09. The summed E-state index contributed by atoms with van der Waals surface area (Å²) >= 11 is -0.608. The van der Waals surface area contributed by atoms with Crippen LogP contribution in [-0.2, 0) is 40.9 Å². The first kappa shape index (κ1) is 40.7. The Balaban J connectivity index is 0.000000256. The van der Waals surface area contributed by atoms with Gasteiger partial charge >= 0.3 is 102 Å². The molecule has 0 spiro atoms. The SMILES string of the molecule is O=C([O-])CCCC(Cc1ccccc1)C(=O)[O-].O=C([O-])CCCC(Cc1ccccc1)C(=O)[O-].c1ccc([CH2][SnH2+4][CH2]c2ccccc2)cc1. The fourth-order valence-electron chi connectivity index (χ4n) is 5.18. The predicted molar refractivity (Wildman–Crippen MR) is 184 cm³/mol. The summed E-state index contributed by atoms with van der Waals surface area (Å²) in [7, 11) is 0. The van der Waals surface area contributed by atoms with E-state index in [0.717, 1.165) is 11.1 Å². The van der Waals surface area contributed by atoms with E-state index in [9.17, 15) is 39.6 Å². The summed E-state index contributed by atoms with van der Waals surface area (Å²) in [4.78, 5) is 42.3. The molecule has 0 fully saturated rings. The Hall–Kier alpha value is -4.44. The molecule has 4 aromatic rings. The molecule has 0 aliphatic heterocycles. The molecular formula is C40H44O8Sn. The number of aliphatic carboxylic acids is 4. The number of rotatable bonds is 18. The van der Waals surface area contributed by atoms with Gasteiger partial charge in [0.05, 0.1) is 0 Å². The molecule has 4 rings (SSSR count). The van der Waals surface area contributed by atoms with E-state index in [-0.39, 0.29) is 12.8 Å². The molecule has 49 heavy (non-hydrogen) atoms. The molecule has 0 amide bonds. The van der Waals surface area contributed by atoms with Crippen LogP contribution in [0.25, 0.3) is 0 Å². The zero-order valence-electron chi connectivity index (χ0n) is 27.7. The van der Waals surface area contributed by atoms with Crippen molar-refractivity contribution in [1.82, 2.24) is 0 Å². The first-order chi connectivity index (χ1) is 23.6. The second-order valence-corrected chi connectivity index (χ2v) is 16.6. The monoisotopic (exact) mass is 772 g/mol. The number of hydrogen-bond acceptors (Lipinski definition) is 8. The molecule has 0 saturated heterocycles. The number of carbonyl (C=O) groups excluding carboxylic acids is 4. The van der Waals surface area contributed by atoms with Crippen molar-refractivity contribution < 1.29 is 39.6 Å². The van der Waals surface area contributed by atoms with Gasteiger partial charge < -0.3 is 39.6 Å². The molecule has 0 heterocycles. The number of carboxylic acid groups (broad SMARTS) is 4. The summed E-state index contributed by atoms with van der Waals surface area (Å²) in [5, 5.41) is 42.3. The van der Waals surface area contributed by atoms with Gasteiger partial charge in [0.25, 0.3) is 0 Å². The molecule has 2 atom stereocenters. The third-order valence-corrected chi connectivity index (χ3v) is 13.1. The summed E-state index contributed by atoms with van der Waals surface area (Å²) < 4.78 is 2.77. The van der Waals surface area contributed by atoms with Crippen molar-refractivity contribution in [2.45, 2.75) is 60.2 Å². The molecule has 0 saturated carbocycles. The molecule has 0 N–H and O–H groups in total. The van der Waals surface area contributed by atoms with Gasteiger partial charge in [-0.15, -0.1) is 0 Å². The molecular weight excluding hydrogens is 727 g/mol. The van der Waals surface area contributed by atoms with Gasteiger partial charge in [-0.2, -0.15) is 0 Å². The van der Waals surface area contributed by atoms with Gasteiger partial charge in [0.15, 0.2) is 0 Å².